The van der Waals surface area contributed by atoms with Crippen LogP contribution in [0.5, 0.6) is 5.75 Å². The first-order valence-electron chi connectivity index (χ1n) is 6.61. The Kier molecular flexibility index (Phi) is 4.41. The number of carbonyl (C=O) groups is 1. The van der Waals surface area contributed by atoms with Crippen molar-refractivity contribution in [3.63, 3.8) is 0 Å². The van der Waals surface area contributed by atoms with E-state index in [4.69, 9.17) is 4.74 Å². The van der Waals surface area contributed by atoms with Gasteiger partial charge in [0.25, 0.3) is 0 Å². The Bertz CT molecular complexity index is 603. The highest BCUT2D eigenvalue weighted by atomic mass is 16.5. The topological polar surface area (TPSA) is 38.3 Å². The number of benzene rings is 2. The van der Waals surface area contributed by atoms with Crippen molar-refractivity contribution in [2.45, 2.75) is 27.4 Å². The molecule has 1 amide bonds. The first kappa shape index (κ1) is 14.1. The molecule has 0 saturated heterocycles. The van der Waals surface area contributed by atoms with Gasteiger partial charge >= 0.3 is 0 Å². The van der Waals surface area contributed by atoms with Gasteiger partial charge in [0, 0.05) is 6.92 Å². The minimum Gasteiger partial charge on any atom is -0.487 e. The lowest BCUT2D eigenvalue weighted by atomic mass is 10.1. The van der Waals surface area contributed by atoms with Gasteiger partial charge < -0.3 is 10.1 Å². The summed E-state index contributed by atoms with van der Waals surface area (Å²) in [6, 6.07) is 13.9. The van der Waals surface area contributed by atoms with Crippen LogP contribution in [-0.4, -0.2) is 5.91 Å². The Morgan fingerprint density at radius 3 is 2.35 bits per heavy atom. The van der Waals surface area contributed by atoms with Crippen LogP contribution in [0.4, 0.5) is 5.69 Å². The molecule has 2 rings (SSSR count). The molecule has 3 nitrogen and oxygen atoms in total. The summed E-state index contributed by atoms with van der Waals surface area (Å²) in [5, 5.41) is 2.78. The number of anilines is 1. The van der Waals surface area contributed by atoms with E-state index >= 15 is 0 Å². The molecule has 0 unspecified atom stereocenters. The van der Waals surface area contributed by atoms with Crippen molar-refractivity contribution in [1.29, 1.82) is 0 Å². The van der Waals surface area contributed by atoms with Gasteiger partial charge in [-0.25, -0.2) is 0 Å². The quantitative estimate of drug-likeness (QED) is 0.915. The summed E-state index contributed by atoms with van der Waals surface area (Å²) in [6.45, 7) is 6.02. The van der Waals surface area contributed by atoms with E-state index in [0.717, 1.165) is 11.1 Å². The van der Waals surface area contributed by atoms with E-state index in [2.05, 4.69) is 24.4 Å². The number of rotatable bonds is 4. The Balaban J connectivity index is 2.13. The van der Waals surface area contributed by atoms with E-state index in [0.29, 0.717) is 18.0 Å². The van der Waals surface area contributed by atoms with Gasteiger partial charge in [-0.05, 0) is 37.1 Å². The highest BCUT2D eigenvalue weighted by Crippen LogP contribution is 2.26. The van der Waals surface area contributed by atoms with Crippen LogP contribution in [0, 0.1) is 13.8 Å². The fourth-order valence-corrected chi connectivity index (χ4v) is 1.89. The lowest BCUT2D eigenvalue weighted by Crippen LogP contribution is -2.08. The predicted molar refractivity (Wildman–Crippen MR) is 81.0 cm³/mol. The zero-order valence-electron chi connectivity index (χ0n) is 12.1. The Morgan fingerprint density at radius 2 is 1.70 bits per heavy atom. The maximum atomic E-state index is 11.2. The van der Waals surface area contributed by atoms with E-state index in [1.165, 1.54) is 12.5 Å². The summed E-state index contributed by atoms with van der Waals surface area (Å²) in [4.78, 5) is 11.2. The Morgan fingerprint density at radius 1 is 1.05 bits per heavy atom. The molecule has 0 bridgehead atoms. The van der Waals surface area contributed by atoms with Crippen molar-refractivity contribution in [3.8, 4) is 5.75 Å². The van der Waals surface area contributed by atoms with E-state index in [-0.39, 0.29) is 5.91 Å². The highest BCUT2D eigenvalue weighted by Gasteiger charge is 2.06. The van der Waals surface area contributed by atoms with Gasteiger partial charge in [0.1, 0.15) is 12.4 Å². The lowest BCUT2D eigenvalue weighted by molar-refractivity contribution is -0.114. The molecule has 104 valence electrons. The third-order valence-corrected chi connectivity index (χ3v) is 2.96. The minimum atomic E-state index is -0.103. The van der Waals surface area contributed by atoms with Crippen LogP contribution < -0.4 is 10.1 Å². The molecule has 0 fully saturated rings. The molecular weight excluding hydrogens is 250 g/mol. The van der Waals surface area contributed by atoms with Gasteiger partial charge in [-0.15, -0.1) is 0 Å². The Hall–Kier alpha value is -2.29. The number of ether oxygens (including phenoxy) is 1. The predicted octanol–water partition coefficient (Wildman–Crippen LogP) is 3.84. The third-order valence-electron chi connectivity index (χ3n) is 2.96. The van der Waals surface area contributed by atoms with Crippen molar-refractivity contribution in [2.75, 3.05) is 5.32 Å². The van der Waals surface area contributed by atoms with E-state index < -0.39 is 0 Å². The van der Waals surface area contributed by atoms with E-state index in [9.17, 15) is 4.79 Å². The van der Waals surface area contributed by atoms with Crippen LogP contribution >= 0.6 is 0 Å². The molecule has 3 heteroatoms. The lowest BCUT2D eigenvalue weighted by Gasteiger charge is -2.13. The fraction of sp³-hybridized carbons (Fsp3) is 0.235. The van der Waals surface area contributed by atoms with Crippen LogP contribution in [0.15, 0.2) is 42.5 Å². The van der Waals surface area contributed by atoms with Crippen molar-refractivity contribution in [2.24, 2.45) is 0 Å². The molecule has 1 N–H and O–H groups in total. The van der Waals surface area contributed by atoms with Crippen LogP contribution in [0.1, 0.15) is 23.6 Å². The average Bonchev–Trinajstić information content (AvgIpc) is 2.40. The van der Waals surface area contributed by atoms with Crippen LogP contribution in [0.3, 0.4) is 0 Å². The summed E-state index contributed by atoms with van der Waals surface area (Å²) < 4.78 is 5.83. The number of hydrogen-bond donors (Lipinski definition) is 1. The smallest absolute Gasteiger partial charge is 0.221 e. The summed E-state index contributed by atoms with van der Waals surface area (Å²) in [6.07, 6.45) is 0. The number of carbonyl (C=O) groups excluding carboxylic acids is 1. The molecular formula is C17H19NO2. The maximum Gasteiger partial charge on any atom is 0.221 e. The Labute approximate surface area is 119 Å². The third kappa shape index (κ3) is 3.85. The summed E-state index contributed by atoms with van der Waals surface area (Å²) >= 11 is 0. The molecule has 20 heavy (non-hydrogen) atoms. The van der Waals surface area contributed by atoms with Gasteiger partial charge in [-0.3, -0.25) is 4.79 Å². The van der Waals surface area contributed by atoms with E-state index in [1.807, 2.05) is 37.3 Å². The normalized spacial score (nSPS) is 10.2. The number of hydrogen-bond acceptors (Lipinski definition) is 2. The van der Waals surface area contributed by atoms with E-state index in [1.54, 1.807) is 0 Å². The summed E-state index contributed by atoms with van der Waals surface area (Å²) in [7, 11) is 0. The first-order chi connectivity index (χ1) is 9.54. The number of amides is 1. The zero-order valence-corrected chi connectivity index (χ0v) is 12.1. The number of nitrogens with one attached hydrogen (secondary N) is 1. The fourth-order valence-electron chi connectivity index (χ4n) is 1.89. The molecule has 0 aliphatic carbocycles. The van der Waals surface area contributed by atoms with Gasteiger partial charge in [0.2, 0.25) is 5.91 Å². The van der Waals surface area contributed by atoms with Crippen LogP contribution in [0.2, 0.25) is 0 Å². The first-order valence-corrected chi connectivity index (χ1v) is 6.61. The molecule has 0 saturated carbocycles. The highest BCUT2D eigenvalue weighted by molar-refractivity contribution is 5.90. The maximum absolute atomic E-state index is 11.2. The summed E-state index contributed by atoms with van der Waals surface area (Å²) in [5.74, 6) is 0.592. The van der Waals surface area contributed by atoms with Crippen molar-refractivity contribution in [1.82, 2.24) is 0 Å². The molecule has 2 aromatic carbocycles. The van der Waals surface area contributed by atoms with Gasteiger partial charge in [-0.1, -0.05) is 35.9 Å². The molecule has 0 heterocycles. The molecule has 0 radical (unpaired) electrons. The molecule has 0 atom stereocenters. The molecule has 0 aliphatic rings. The summed E-state index contributed by atoms with van der Waals surface area (Å²) in [5.41, 5.74) is 4.13. The van der Waals surface area contributed by atoms with Crippen LogP contribution in [0.25, 0.3) is 0 Å². The van der Waals surface area contributed by atoms with Gasteiger partial charge in [0.05, 0.1) is 5.69 Å². The monoisotopic (exact) mass is 269 g/mol. The molecule has 2 aromatic rings. The number of aryl methyl sites for hydroxylation is 2. The van der Waals surface area contributed by atoms with Gasteiger partial charge in [0.15, 0.2) is 0 Å². The molecule has 0 spiro atoms. The molecule has 0 aromatic heterocycles. The largest absolute Gasteiger partial charge is 0.487 e. The van der Waals surface area contributed by atoms with Crippen LogP contribution in [-0.2, 0) is 11.4 Å². The van der Waals surface area contributed by atoms with Crippen molar-refractivity contribution < 1.29 is 9.53 Å². The average molecular weight is 269 g/mol. The molecule has 0 aliphatic heterocycles. The minimum absolute atomic E-state index is 0.103. The zero-order chi connectivity index (χ0) is 14.5. The second-order valence-corrected chi connectivity index (χ2v) is 4.96. The van der Waals surface area contributed by atoms with Crippen molar-refractivity contribution in [3.05, 3.63) is 59.2 Å². The standard InChI is InChI=1S/C17H19NO2/c1-12-4-7-15(8-5-12)11-20-17-10-13(2)6-9-16(17)18-14(3)19/h4-10H,11H2,1-3H3,(H,18,19). The second-order valence-electron chi connectivity index (χ2n) is 4.96. The SMILES string of the molecule is CC(=O)Nc1ccc(C)cc1OCc1ccc(C)cc1. The second kappa shape index (κ2) is 6.24. The van der Waals surface area contributed by atoms with Gasteiger partial charge in [-0.2, -0.15) is 0 Å². The van der Waals surface area contributed by atoms with Crippen molar-refractivity contribution >= 4 is 11.6 Å².